The first-order valence-corrected chi connectivity index (χ1v) is 6.93. The van der Waals surface area contributed by atoms with Crippen LogP contribution in [0.15, 0.2) is 17.5 Å². The topological polar surface area (TPSA) is 87.3 Å². The quantitative estimate of drug-likeness (QED) is 0.659. The maximum Gasteiger partial charge on any atom is 0.322 e. The molecule has 102 valence electrons. The van der Waals surface area contributed by atoms with Crippen LogP contribution >= 0.6 is 11.3 Å². The van der Waals surface area contributed by atoms with Crippen molar-refractivity contribution in [2.45, 2.75) is 25.3 Å². The molecule has 1 atom stereocenters. The Morgan fingerprint density at radius 2 is 2.26 bits per heavy atom. The van der Waals surface area contributed by atoms with Gasteiger partial charge in [-0.2, -0.15) is 0 Å². The van der Waals surface area contributed by atoms with Gasteiger partial charge in [-0.3, -0.25) is 14.9 Å². The minimum Gasteiger partial charge on any atom is -0.356 e. The van der Waals surface area contributed by atoms with Gasteiger partial charge < -0.3 is 10.6 Å². The molecule has 0 saturated carbocycles. The number of hydrogen-bond acceptors (Lipinski definition) is 4. The molecule has 6 nitrogen and oxygen atoms in total. The molecule has 1 aromatic rings. The predicted octanol–water partition coefficient (Wildman–Crippen LogP) is 0.395. The molecule has 0 bridgehead atoms. The molecule has 0 radical (unpaired) electrons. The summed E-state index contributed by atoms with van der Waals surface area (Å²) >= 11 is 1.66. The maximum absolute atomic E-state index is 11.6. The minimum absolute atomic E-state index is 0.106. The molecule has 0 spiro atoms. The van der Waals surface area contributed by atoms with Gasteiger partial charge >= 0.3 is 6.03 Å². The van der Waals surface area contributed by atoms with Crippen molar-refractivity contribution in [3.8, 4) is 0 Å². The van der Waals surface area contributed by atoms with Crippen LogP contribution in [0, 0.1) is 0 Å². The fraction of sp³-hybridized carbons (Fsp3) is 0.417. The van der Waals surface area contributed by atoms with Gasteiger partial charge in [-0.05, 0) is 24.3 Å². The number of carbonyl (C=O) groups is 3. The molecule has 1 aliphatic heterocycles. The van der Waals surface area contributed by atoms with Crippen molar-refractivity contribution < 1.29 is 14.4 Å². The van der Waals surface area contributed by atoms with Crippen molar-refractivity contribution in [3.63, 3.8) is 0 Å². The summed E-state index contributed by atoms with van der Waals surface area (Å²) in [6, 6.07) is 2.92. The molecule has 0 aliphatic carbocycles. The first-order chi connectivity index (χ1) is 9.15. The van der Waals surface area contributed by atoms with Crippen molar-refractivity contribution in [2.24, 2.45) is 0 Å². The second-order valence-corrected chi connectivity index (χ2v) is 5.27. The lowest BCUT2D eigenvalue weighted by Crippen LogP contribution is -2.32. The standard InChI is InChI=1S/C12H15N3O3S/c16-10(13-6-5-8-2-1-7-19-8)4-3-9-11(17)15-12(18)14-9/h1-2,7,9H,3-6H2,(H,13,16)(H2,14,15,17,18). The summed E-state index contributed by atoms with van der Waals surface area (Å²) in [6.45, 7) is 0.586. The molecule has 1 aromatic heterocycles. The first kappa shape index (κ1) is 13.5. The Hall–Kier alpha value is -1.89. The van der Waals surface area contributed by atoms with Crippen LogP contribution in [0.5, 0.6) is 0 Å². The Bertz CT molecular complexity index is 473. The summed E-state index contributed by atoms with van der Waals surface area (Å²) < 4.78 is 0. The number of carbonyl (C=O) groups excluding carboxylic acids is 3. The van der Waals surface area contributed by atoms with E-state index >= 15 is 0 Å². The van der Waals surface area contributed by atoms with E-state index in [-0.39, 0.29) is 18.2 Å². The summed E-state index contributed by atoms with van der Waals surface area (Å²) in [4.78, 5) is 34.9. The molecule has 0 aromatic carbocycles. The number of amides is 4. The van der Waals surface area contributed by atoms with Crippen LogP contribution < -0.4 is 16.0 Å². The fourth-order valence-corrected chi connectivity index (χ4v) is 2.51. The Morgan fingerprint density at radius 1 is 1.42 bits per heavy atom. The summed E-state index contributed by atoms with van der Waals surface area (Å²) in [5, 5.41) is 9.39. The molecule has 4 amide bonds. The highest BCUT2D eigenvalue weighted by molar-refractivity contribution is 7.09. The number of nitrogens with one attached hydrogen (secondary N) is 3. The monoisotopic (exact) mass is 281 g/mol. The van der Waals surface area contributed by atoms with Gasteiger partial charge in [0, 0.05) is 17.8 Å². The van der Waals surface area contributed by atoms with Crippen LogP contribution in [-0.4, -0.2) is 30.4 Å². The van der Waals surface area contributed by atoms with Gasteiger partial charge in [0.25, 0.3) is 5.91 Å². The first-order valence-electron chi connectivity index (χ1n) is 6.05. The Morgan fingerprint density at radius 3 is 2.89 bits per heavy atom. The van der Waals surface area contributed by atoms with Crippen molar-refractivity contribution in [2.75, 3.05) is 6.54 Å². The normalized spacial score (nSPS) is 18.0. The predicted molar refractivity (Wildman–Crippen MR) is 70.7 cm³/mol. The third-order valence-electron chi connectivity index (χ3n) is 2.79. The van der Waals surface area contributed by atoms with E-state index in [1.165, 1.54) is 4.88 Å². The smallest absolute Gasteiger partial charge is 0.322 e. The van der Waals surface area contributed by atoms with Gasteiger partial charge in [-0.1, -0.05) is 6.07 Å². The molecule has 1 saturated heterocycles. The average molecular weight is 281 g/mol. The van der Waals surface area contributed by atoms with Gasteiger partial charge in [0.15, 0.2) is 0 Å². The molecule has 1 fully saturated rings. The number of rotatable bonds is 6. The van der Waals surface area contributed by atoms with Crippen molar-refractivity contribution in [1.29, 1.82) is 0 Å². The van der Waals surface area contributed by atoms with Crippen LogP contribution in [0.4, 0.5) is 4.79 Å². The highest BCUT2D eigenvalue weighted by Gasteiger charge is 2.29. The van der Waals surface area contributed by atoms with Crippen LogP contribution in [0.1, 0.15) is 17.7 Å². The zero-order valence-electron chi connectivity index (χ0n) is 10.3. The second-order valence-electron chi connectivity index (χ2n) is 4.23. The van der Waals surface area contributed by atoms with E-state index in [0.717, 1.165) is 6.42 Å². The molecule has 1 unspecified atom stereocenters. The van der Waals surface area contributed by atoms with Crippen molar-refractivity contribution in [1.82, 2.24) is 16.0 Å². The Labute approximate surface area is 114 Å². The van der Waals surface area contributed by atoms with E-state index in [1.807, 2.05) is 17.5 Å². The number of urea groups is 1. The van der Waals surface area contributed by atoms with Crippen LogP contribution in [0.25, 0.3) is 0 Å². The van der Waals surface area contributed by atoms with E-state index in [4.69, 9.17) is 0 Å². The molecular formula is C12H15N3O3S. The van der Waals surface area contributed by atoms with Gasteiger partial charge in [-0.25, -0.2) is 4.79 Å². The van der Waals surface area contributed by atoms with E-state index in [2.05, 4.69) is 16.0 Å². The fourth-order valence-electron chi connectivity index (χ4n) is 1.81. The molecular weight excluding hydrogens is 266 g/mol. The Kier molecular flexibility index (Phi) is 4.51. The molecule has 3 N–H and O–H groups in total. The summed E-state index contributed by atoms with van der Waals surface area (Å²) in [7, 11) is 0. The number of imide groups is 1. The van der Waals surface area contributed by atoms with Crippen LogP contribution in [0.3, 0.4) is 0 Å². The van der Waals surface area contributed by atoms with Crippen LogP contribution in [-0.2, 0) is 16.0 Å². The molecule has 1 aliphatic rings. The van der Waals surface area contributed by atoms with Gasteiger partial charge in [-0.15, -0.1) is 11.3 Å². The van der Waals surface area contributed by atoms with Gasteiger partial charge in [0.2, 0.25) is 5.91 Å². The Balaban J connectivity index is 1.62. The lowest BCUT2D eigenvalue weighted by Gasteiger charge is -2.07. The largest absolute Gasteiger partial charge is 0.356 e. The van der Waals surface area contributed by atoms with Crippen LogP contribution in [0.2, 0.25) is 0 Å². The highest BCUT2D eigenvalue weighted by atomic mass is 32.1. The lowest BCUT2D eigenvalue weighted by atomic mass is 10.1. The second kappa shape index (κ2) is 6.33. The zero-order chi connectivity index (χ0) is 13.7. The van der Waals surface area contributed by atoms with E-state index in [0.29, 0.717) is 13.0 Å². The van der Waals surface area contributed by atoms with E-state index in [1.54, 1.807) is 11.3 Å². The SMILES string of the molecule is O=C(CCC1NC(=O)NC1=O)NCCc1cccs1. The van der Waals surface area contributed by atoms with E-state index in [9.17, 15) is 14.4 Å². The third kappa shape index (κ3) is 4.06. The molecule has 2 heterocycles. The third-order valence-corrected chi connectivity index (χ3v) is 3.73. The number of hydrogen-bond donors (Lipinski definition) is 3. The number of thiophene rings is 1. The van der Waals surface area contributed by atoms with Crippen molar-refractivity contribution in [3.05, 3.63) is 22.4 Å². The van der Waals surface area contributed by atoms with Gasteiger partial charge in [0.05, 0.1) is 0 Å². The van der Waals surface area contributed by atoms with Crippen molar-refractivity contribution >= 4 is 29.2 Å². The average Bonchev–Trinajstić information content (AvgIpc) is 2.97. The maximum atomic E-state index is 11.6. The molecule has 19 heavy (non-hydrogen) atoms. The summed E-state index contributed by atoms with van der Waals surface area (Å²) in [6.07, 6.45) is 1.36. The summed E-state index contributed by atoms with van der Waals surface area (Å²) in [5.41, 5.74) is 0. The van der Waals surface area contributed by atoms with Gasteiger partial charge in [0.1, 0.15) is 6.04 Å². The zero-order valence-corrected chi connectivity index (χ0v) is 11.1. The minimum atomic E-state index is -0.587. The molecule has 7 heteroatoms. The lowest BCUT2D eigenvalue weighted by molar-refractivity contribution is -0.122. The highest BCUT2D eigenvalue weighted by Crippen LogP contribution is 2.08. The molecule has 2 rings (SSSR count). The van der Waals surface area contributed by atoms with E-state index < -0.39 is 12.1 Å². The summed E-state index contributed by atoms with van der Waals surface area (Å²) in [5.74, 6) is -0.470.